The van der Waals surface area contributed by atoms with Crippen molar-refractivity contribution in [3.05, 3.63) is 86.8 Å². The molecule has 2 fully saturated rings. The summed E-state index contributed by atoms with van der Waals surface area (Å²) in [6, 6.07) is 13.4. The number of nitrogens with zero attached hydrogens (tertiary/aromatic N) is 3. The molecule has 1 aliphatic carbocycles. The summed E-state index contributed by atoms with van der Waals surface area (Å²) < 4.78 is 28.8. The number of carbonyl (C=O) groups excluding carboxylic acids is 2. The van der Waals surface area contributed by atoms with E-state index in [9.17, 15) is 9.59 Å². The number of halogens is 3. The molecule has 43 heavy (non-hydrogen) atoms. The fourth-order valence-electron chi connectivity index (χ4n) is 7.86. The molecule has 1 amide bonds. The van der Waals surface area contributed by atoms with Crippen molar-refractivity contribution in [2.75, 3.05) is 26.1 Å². The highest BCUT2D eigenvalue weighted by Crippen LogP contribution is 2.64. The lowest BCUT2D eigenvalue weighted by Crippen LogP contribution is -2.53. The van der Waals surface area contributed by atoms with Gasteiger partial charge in [-0.15, -0.1) is 0 Å². The van der Waals surface area contributed by atoms with Crippen molar-refractivity contribution in [3.8, 4) is 5.75 Å². The summed E-state index contributed by atoms with van der Waals surface area (Å²) >= 11 is 12.8. The van der Waals surface area contributed by atoms with E-state index in [1.165, 1.54) is 20.3 Å². The van der Waals surface area contributed by atoms with Gasteiger partial charge in [0.1, 0.15) is 22.4 Å². The average Bonchev–Trinajstić information content (AvgIpc) is 3.44. The molecule has 4 atom stereocenters. The van der Waals surface area contributed by atoms with Crippen LogP contribution in [0.2, 0.25) is 10.0 Å². The van der Waals surface area contributed by atoms with Crippen LogP contribution in [-0.2, 0) is 21.5 Å². The summed E-state index contributed by atoms with van der Waals surface area (Å²) in [6.45, 7) is 0.688. The number of anilines is 1. The molecule has 0 bridgehead atoms. The predicted octanol–water partition coefficient (Wildman–Crippen LogP) is 6.10. The van der Waals surface area contributed by atoms with Crippen molar-refractivity contribution in [1.29, 1.82) is 0 Å². The van der Waals surface area contributed by atoms with Crippen molar-refractivity contribution < 1.29 is 23.5 Å². The standard InChI is InChI=1S/C32H27Cl2FN4O4/c1-42-29-19(30(40)43-2)10-9-17-23-13-24-28(39(23)37-27(17)29)25(18-4-3-5-21(34)26(18)35)32(38(24)14-15-6-7-15)20-11-8-16(33)12-22(20)36-31(32)41/h3-5,8-12,15,24-25,28H,6-7,13-14H2,1-2H3,(H,36,41)/t24-,25-,28+,32+/m0/s1. The van der Waals surface area contributed by atoms with E-state index in [4.69, 9.17) is 37.8 Å². The number of fused-ring (bicyclic) bond motifs is 7. The van der Waals surface area contributed by atoms with Crippen LogP contribution in [0, 0.1) is 11.7 Å². The largest absolute Gasteiger partial charge is 0.493 e. The summed E-state index contributed by atoms with van der Waals surface area (Å²) in [5, 5.41) is 9.47. The van der Waals surface area contributed by atoms with Crippen LogP contribution in [0.3, 0.4) is 0 Å². The monoisotopic (exact) mass is 620 g/mol. The SMILES string of the molecule is COC(=O)c1ccc2c3n(nc2c1OC)[C@@H]1[C@H](C3)N(CC2CC2)[C@@]2(C(=O)Nc3cc(Cl)ccc32)[C@H]1c1cccc(Cl)c1F. The number of carbonyl (C=O) groups is 2. The molecular formula is C32H27Cl2FN4O4. The molecule has 4 heterocycles. The van der Waals surface area contributed by atoms with Gasteiger partial charge < -0.3 is 14.8 Å². The lowest BCUT2D eigenvalue weighted by atomic mass is 9.73. The zero-order chi connectivity index (χ0) is 29.8. The van der Waals surface area contributed by atoms with Gasteiger partial charge in [0, 0.05) is 52.3 Å². The van der Waals surface area contributed by atoms with Gasteiger partial charge in [-0.1, -0.05) is 41.4 Å². The first kappa shape index (κ1) is 26.9. The Morgan fingerprint density at radius 1 is 1.16 bits per heavy atom. The maximum absolute atomic E-state index is 16.2. The highest BCUT2D eigenvalue weighted by atomic mass is 35.5. The molecule has 3 aliphatic heterocycles. The molecule has 0 unspecified atom stereocenters. The molecule has 1 spiro atoms. The van der Waals surface area contributed by atoms with Gasteiger partial charge in [-0.25, -0.2) is 9.18 Å². The minimum atomic E-state index is -1.22. The Morgan fingerprint density at radius 3 is 2.72 bits per heavy atom. The Balaban J connectivity index is 1.41. The Bertz CT molecular complexity index is 1870. The van der Waals surface area contributed by atoms with Gasteiger partial charge in [-0.05, 0) is 54.7 Å². The second kappa shape index (κ2) is 9.42. The fourth-order valence-corrected chi connectivity index (χ4v) is 8.22. The van der Waals surface area contributed by atoms with Gasteiger partial charge in [0.25, 0.3) is 0 Å². The lowest BCUT2D eigenvalue weighted by Gasteiger charge is -2.40. The smallest absolute Gasteiger partial charge is 0.341 e. The average molecular weight is 621 g/mol. The molecule has 3 aromatic carbocycles. The Hall–Kier alpha value is -3.66. The van der Waals surface area contributed by atoms with Crippen LogP contribution < -0.4 is 10.1 Å². The van der Waals surface area contributed by atoms with E-state index in [1.807, 2.05) is 16.8 Å². The van der Waals surface area contributed by atoms with E-state index >= 15 is 4.39 Å². The minimum Gasteiger partial charge on any atom is -0.493 e. The number of likely N-dealkylation sites (tertiary alicyclic amines) is 1. The number of ether oxygens (including phenoxy) is 2. The first-order chi connectivity index (χ1) is 20.8. The first-order valence-corrected chi connectivity index (χ1v) is 15.0. The summed E-state index contributed by atoms with van der Waals surface area (Å²) in [7, 11) is 2.81. The number of esters is 1. The second-order valence-electron chi connectivity index (χ2n) is 11.8. The minimum absolute atomic E-state index is 0.00665. The van der Waals surface area contributed by atoms with Gasteiger partial charge >= 0.3 is 5.97 Å². The molecular weight excluding hydrogens is 594 g/mol. The maximum atomic E-state index is 16.2. The van der Waals surface area contributed by atoms with Gasteiger partial charge in [0.15, 0.2) is 5.75 Å². The van der Waals surface area contributed by atoms with Crippen molar-refractivity contribution in [1.82, 2.24) is 14.7 Å². The Kier molecular flexibility index (Phi) is 5.90. The number of rotatable bonds is 5. The Labute approximate surface area is 256 Å². The molecule has 11 heteroatoms. The third-order valence-electron chi connectivity index (χ3n) is 9.72. The molecule has 220 valence electrons. The molecule has 4 aromatic rings. The van der Waals surface area contributed by atoms with Gasteiger partial charge in [-0.3, -0.25) is 14.4 Å². The van der Waals surface area contributed by atoms with Crippen molar-refractivity contribution >= 4 is 51.7 Å². The van der Waals surface area contributed by atoms with Gasteiger partial charge in [-0.2, -0.15) is 5.10 Å². The highest BCUT2D eigenvalue weighted by molar-refractivity contribution is 6.31. The van der Waals surface area contributed by atoms with Gasteiger partial charge in [0.2, 0.25) is 5.91 Å². The number of amides is 1. The molecule has 1 N–H and O–H groups in total. The summed E-state index contributed by atoms with van der Waals surface area (Å²) in [5.41, 5.74) is 2.25. The zero-order valence-electron chi connectivity index (χ0n) is 23.4. The van der Waals surface area contributed by atoms with Crippen LogP contribution in [0.1, 0.15) is 52.0 Å². The second-order valence-corrected chi connectivity index (χ2v) is 12.7. The number of hydrogen-bond donors (Lipinski definition) is 1. The van der Waals surface area contributed by atoms with Crippen molar-refractivity contribution in [3.63, 3.8) is 0 Å². The number of methoxy groups -OCH3 is 2. The lowest BCUT2D eigenvalue weighted by molar-refractivity contribution is -0.128. The molecule has 1 saturated carbocycles. The van der Waals surface area contributed by atoms with Crippen LogP contribution in [0.25, 0.3) is 10.9 Å². The molecule has 1 aromatic heterocycles. The molecule has 4 aliphatic rings. The van der Waals surface area contributed by atoms with Crippen LogP contribution in [-0.4, -0.2) is 53.4 Å². The molecule has 1 saturated heterocycles. The van der Waals surface area contributed by atoms with E-state index < -0.39 is 29.3 Å². The number of aromatic nitrogens is 2. The van der Waals surface area contributed by atoms with E-state index in [-0.39, 0.29) is 22.5 Å². The number of benzene rings is 3. The van der Waals surface area contributed by atoms with Crippen LogP contribution in [0.15, 0.2) is 48.5 Å². The normalized spacial score (nSPS) is 25.6. The predicted molar refractivity (Wildman–Crippen MR) is 159 cm³/mol. The number of hydrogen-bond acceptors (Lipinski definition) is 6. The van der Waals surface area contributed by atoms with E-state index in [0.717, 1.165) is 29.5 Å². The number of nitrogens with one attached hydrogen (secondary N) is 1. The molecule has 8 nitrogen and oxygen atoms in total. The molecule has 0 radical (unpaired) electrons. The van der Waals surface area contributed by atoms with Crippen LogP contribution in [0.4, 0.5) is 10.1 Å². The first-order valence-electron chi connectivity index (χ1n) is 14.3. The third-order valence-corrected chi connectivity index (χ3v) is 10.2. The Morgan fingerprint density at radius 2 is 1.98 bits per heavy atom. The van der Waals surface area contributed by atoms with Crippen molar-refractivity contribution in [2.24, 2.45) is 5.92 Å². The van der Waals surface area contributed by atoms with Crippen molar-refractivity contribution in [2.45, 2.75) is 42.8 Å². The van der Waals surface area contributed by atoms with Crippen LogP contribution in [0.5, 0.6) is 5.75 Å². The van der Waals surface area contributed by atoms with Crippen LogP contribution >= 0.6 is 23.2 Å². The van der Waals surface area contributed by atoms with E-state index in [0.29, 0.717) is 46.4 Å². The zero-order valence-corrected chi connectivity index (χ0v) is 24.9. The van der Waals surface area contributed by atoms with E-state index in [2.05, 4.69) is 10.2 Å². The fraction of sp³-hybridized carbons (Fsp3) is 0.344. The summed E-state index contributed by atoms with van der Waals surface area (Å²) in [4.78, 5) is 29.3. The highest BCUT2D eigenvalue weighted by Gasteiger charge is 2.69. The summed E-state index contributed by atoms with van der Waals surface area (Å²) in [5.74, 6) is -1.22. The van der Waals surface area contributed by atoms with Gasteiger partial charge in [0.05, 0.1) is 25.3 Å². The summed E-state index contributed by atoms with van der Waals surface area (Å²) in [6.07, 6.45) is 2.73. The van der Waals surface area contributed by atoms with E-state index in [1.54, 1.807) is 30.3 Å². The third kappa shape index (κ3) is 3.56. The molecule has 8 rings (SSSR count). The quantitative estimate of drug-likeness (QED) is 0.271. The topological polar surface area (TPSA) is 85.7 Å². The maximum Gasteiger partial charge on any atom is 0.341 e.